The molecule has 3 aromatic rings. The van der Waals surface area contributed by atoms with Crippen LogP contribution in [0.3, 0.4) is 0 Å². The third kappa shape index (κ3) is 3.36. The lowest BCUT2D eigenvalue weighted by Crippen LogP contribution is -2.23. The van der Waals surface area contributed by atoms with E-state index in [-0.39, 0.29) is 5.52 Å². The monoisotopic (exact) mass is 375 g/mol. The minimum Gasteiger partial charge on any atom is -0.372 e. The van der Waals surface area contributed by atoms with Crippen LogP contribution in [-0.4, -0.2) is 18.6 Å². The first-order valence-corrected chi connectivity index (χ1v) is 11.0. The summed E-state index contributed by atoms with van der Waals surface area (Å²) in [5.41, 5.74) is 1.31. The van der Waals surface area contributed by atoms with Crippen molar-refractivity contribution in [1.29, 1.82) is 0 Å². The lowest BCUT2D eigenvalue weighted by atomic mass is 10.2. The minimum absolute atomic E-state index is 0.312. The highest BCUT2D eigenvalue weighted by molar-refractivity contribution is 7.93. The van der Waals surface area contributed by atoms with Gasteiger partial charge in [-0.1, -0.05) is 60.7 Å². The van der Waals surface area contributed by atoms with Gasteiger partial charge in [-0.25, -0.2) is 0 Å². The maximum Gasteiger partial charge on any atom is 0.230 e. The molecule has 0 saturated carbocycles. The fourth-order valence-electron chi connectivity index (χ4n) is 3.63. The number of nitrogens with zero attached hydrogens (tertiary/aromatic N) is 1. The Labute approximate surface area is 160 Å². The molecule has 3 nitrogen and oxygen atoms in total. The lowest BCUT2D eigenvalue weighted by molar-refractivity contribution is 0.107. The molecule has 1 aliphatic rings. The summed E-state index contributed by atoms with van der Waals surface area (Å²) in [5.74, 6) is 0. The zero-order valence-corrected chi connectivity index (χ0v) is 16.0. The van der Waals surface area contributed by atoms with Gasteiger partial charge < -0.3 is 9.46 Å². The van der Waals surface area contributed by atoms with E-state index in [0.29, 0.717) is 16.2 Å². The Morgan fingerprint density at radius 2 is 1.19 bits per heavy atom. The van der Waals surface area contributed by atoms with Crippen LogP contribution >= 0.6 is 7.14 Å². The molecule has 4 rings (SSSR count). The fraction of sp³-hybridized carbons (Fsp3) is 0.174. The maximum atomic E-state index is 14.1. The molecule has 3 aromatic carbocycles. The van der Waals surface area contributed by atoms with Crippen molar-refractivity contribution in [2.75, 3.05) is 18.0 Å². The van der Waals surface area contributed by atoms with Gasteiger partial charge in [0.15, 0.2) is 0 Å². The van der Waals surface area contributed by atoms with Gasteiger partial charge in [0.1, 0.15) is 0 Å². The Hall–Kier alpha value is -2.64. The van der Waals surface area contributed by atoms with Crippen LogP contribution in [0.5, 0.6) is 0 Å². The van der Waals surface area contributed by atoms with E-state index in [4.69, 9.17) is 0 Å². The number of hydrogen-bond acceptors (Lipinski definition) is 3. The molecule has 0 amide bonds. The molecule has 0 unspecified atom stereocenters. The van der Waals surface area contributed by atoms with Gasteiger partial charge in [-0.2, -0.15) is 0 Å². The second-order valence-electron chi connectivity index (χ2n) is 6.83. The number of carbonyl (C=O) groups excluding carboxylic acids is 1. The van der Waals surface area contributed by atoms with E-state index in [1.807, 2.05) is 60.7 Å². The van der Waals surface area contributed by atoms with Crippen LogP contribution in [0.25, 0.3) is 0 Å². The van der Waals surface area contributed by atoms with Gasteiger partial charge in [0.05, 0.1) is 0 Å². The Morgan fingerprint density at radius 1 is 0.704 bits per heavy atom. The van der Waals surface area contributed by atoms with Crippen LogP contribution in [-0.2, 0) is 4.57 Å². The topological polar surface area (TPSA) is 37.4 Å². The van der Waals surface area contributed by atoms with E-state index in [9.17, 15) is 9.36 Å². The summed E-state index contributed by atoms with van der Waals surface area (Å²) in [6, 6.07) is 25.7. The molecule has 0 atom stereocenters. The van der Waals surface area contributed by atoms with Gasteiger partial charge in [0.25, 0.3) is 0 Å². The van der Waals surface area contributed by atoms with E-state index >= 15 is 0 Å². The molecule has 27 heavy (non-hydrogen) atoms. The van der Waals surface area contributed by atoms with E-state index in [1.165, 1.54) is 12.8 Å². The number of rotatable bonds is 5. The van der Waals surface area contributed by atoms with Gasteiger partial charge >= 0.3 is 0 Å². The van der Waals surface area contributed by atoms with E-state index < -0.39 is 7.14 Å². The molecule has 0 bridgehead atoms. The molecule has 0 spiro atoms. The normalized spacial score (nSPS) is 14.3. The van der Waals surface area contributed by atoms with E-state index in [2.05, 4.69) is 4.90 Å². The first-order valence-electron chi connectivity index (χ1n) is 9.31. The summed E-state index contributed by atoms with van der Waals surface area (Å²) in [6.45, 7) is 2.11. The predicted octanol–water partition coefficient (Wildman–Crippen LogP) is 4.44. The zero-order valence-electron chi connectivity index (χ0n) is 15.1. The van der Waals surface area contributed by atoms with Crippen LogP contribution in [0.15, 0.2) is 84.9 Å². The third-order valence-corrected chi connectivity index (χ3v) is 7.99. The van der Waals surface area contributed by atoms with Crippen molar-refractivity contribution in [3.63, 3.8) is 0 Å². The summed E-state index contributed by atoms with van der Waals surface area (Å²) >= 11 is 0. The molecule has 136 valence electrons. The van der Waals surface area contributed by atoms with Crippen LogP contribution in [0.2, 0.25) is 0 Å². The summed E-state index contributed by atoms with van der Waals surface area (Å²) < 4.78 is 14.1. The second-order valence-corrected chi connectivity index (χ2v) is 9.48. The van der Waals surface area contributed by atoms with Crippen molar-refractivity contribution in [1.82, 2.24) is 0 Å². The minimum atomic E-state index is -3.43. The largest absolute Gasteiger partial charge is 0.372 e. The molecule has 0 N–H and O–H groups in total. The average Bonchev–Trinajstić information content (AvgIpc) is 3.29. The van der Waals surface area contributed by atoms with Crippen molar-refractivity contribution in [3.05, 3.63) is 90.5 Å². The molecule has 0 aromatic heterocycles. The van der Waals surface area contributed by atoms with Crippen molar-refractivity contribution in [2.45, 2.75) is 12.8 Å². The van der Waals surface area contributed by atoms with Gasteiger partial charge in [0, 0.05) is 34.9 Å². The number of hydrogen-bond donors (Lipinski definition) is 0. The van der Waals surface area contributed by atoms with E-state index in [0.717, 1.165) is 18.8 Å². The molecule has 1 heterocycles. The molecule has 1 fully saturated rings. The third-order valence-electron chi connectivity index (χ3n) is 5.11. The van der Waals surface area contributed by atoms with Gasteiger partial charge in [0.2, 0.25) is 12.7 Å². The highest BCUT2D eigenvalue weighted by atomic mass is 31.2. The summed E-state index contributed by atoms with van der Waals surface area (Å²) in [6.07, 6.45) is 2.41. The number of benzene rings is 3. The maximum absolute atomic E-state index is 14.1. The molecule has 4 heteroatoms. The number of anilines is 1. The standard InChI is InChI=1S/C23H22NO2P/c25-23(19-13-15-20(16-14-19)24-17-7-8-18-24)27(26,21-9-3-1-4-10-21)22-11-5-2-6-12-22/h1-6,9-16H,7-8,17-18H2. The Balaban J connectivity index is 1.74. The van der Waals surface area contributed by atoms with Crippen molar-refractivity contribution >= 4 is 29.0 Å². The lowest BCUT2D eigenvalue weighted by Gasteiger charge is -2.20. The van der Waals surface area contributed by atoms with Gasteiger partial charge in [-0.05, 0) is 37.1 Å². The molecule has 1 aliphatic heterocycles. The number of carbonyl (C=O) groups is 1. The van der Waals surface area contributed by atoms with Crippen LogP contribution in [0.1, 0.15) is 23.2 Å². The van der Waals surface area contributed by atoms with Crippen molar-refractivity contribution < 1.29 is 9.36 Å². The average molecular weight is 375 g/mol. The molecule has 0 aliphatic carbocycles. The van der Waals surface area contributed by atoms with Crippen molar-refractivity contribution in [3.8, 4) is 0 Å². The van der Waals surface area contributed by atoms with Gasteiger partial charge in [-0.15, -0.1) is 0 Å². The molecular formula is C23H22NO2P. The molecule has 1 saturated heterocycles. The second kappa shape index (κ2) is 7.54. The SMILES string of the molecule is O=C(c1ccc(N2CCCC2)cc1)P(=O)(c1ccccc1)c1ccccc1. The van der Waals surface area contributed by atoms with Gasteiger partial charge in [-0.3, -0.25) is 4.79 Å². The zero-order chi connectivity index (χ0) is 18.7. The highest BCUT2D eigenvalue weighted by Crippen LogP contribution is 2.46. The Morgan fingerprint density at radius 3 is 1.67 bits per heavy atom. The smallest absolute Gasteiger partial charge is 0.230 e. The van der Waals surface area contributed by atoms with Crippen LogP contribution < -0.4 is 15.5 Å². The summed E-state index contributed by atoms with van der Waals surface area (Å²) in [5, 5.41) is 1.15. The first kappa shape index (κ1) is 17.8. The van der Waals surface area contributed by atoms with Crippen molar-refractivity contribution in [2.24, 2.45) is 0 Å². The Kier molecular flexibility index (Phi) is 4.96. The van der Waals surface area contributed by atoms with Crippen LogP contribution in [0.4, 0.5) is 5.69 Å². The van der Waals surface area contributed by atoms with Crippen LogP contribution in [0, 0.1) is 0 Å². The fourth-order valence-corrected chi connectivity index (χ4v) is 6.10. The Bertz CT molecular complexity index is 919. The molecular weight excluding hydrogens is 353 g/mol. The summed E-state index contributed by atoms with van der Waals surface area (Å²) in [7, 11) is -3.43. The molecule has 0 radical (unpaired) electrons. The highest BCUT2D eigenvalue weighted by Gasteiger charge is 2.36. The van der Waals surface area contributed by atoms with E-state index in [1.54, 1.807) is 24.3 Å². The summed E-state index contributed by atoms with van der Waals surface area (Å²) in [4.78, 5) is 15.7. The predicted molar refractivity (Wildman–Crippen MR) is 112 cm³/mol. The quantitative estimate of drug-likeness (QED) is 0.619. The first-order chi connectivity index (χ1) is 13.2.